The Hall–Kier alpha value is -0.910. The highest BCUT2D eigenvalue weighted by atomic mass is 16.5. The van der Waals surface area contributed by atoms with Crippen LogP contribution >= 0.6 is 0 Å². The van der Waals surface area contributed by atoms with Crippen LogP contribution in [0.15, 0.2) is 12.2 Å². The summed E-state index contributed by atoms with van der Waals surface area (Å²) in [6, 6.07) is -0.0967. The second kappa shape index (κ2) is 6.14. The summed E-state index contributed by atoms with van der Waals surface area (Å²) >= 11 is 0. The van der Waals surface area contributed by atoms with Gasteiger partial charge in [0, 0.05) is 46.4 Å². The highest BCUT2D eigenvalue weighted by Gasteiger charge is 2.26. The minimum absolute atomic E-state index is 0.0967. The lowest BCUT2D eigenvalue weighted by Gasteiger charge is -2.35. The number of carbonyl (C=O) groups is 1. The Morgan fingerprint density at radius 2 is 2.18 bits per heavy atom. The fraction of sp³-hybridized carbons (Fsp3) is 0.750. The smallest absolute Gasteiger partial charge is 0.243 e. The number of nitrogens with zero attached hydrogens (tertiary/aromatic N) is 2. The van der Waals surface area contributed by atoms with Gasteiger partial charge >= 0.3 is 0 Å². The van der Waals surface area contributed by atoms with Gasteiger partial charge in [0.15, 0.2) is 0 Å². The Balaban J connectivity index is 1.74. The molecule has 0 aromatic rings. The summed E-state index contributed by atoms with van der Waals surface area (Å²) in [5.74, 6) is 0.213. The van der Waals surface area contributed by atoms with Gasteiger partial charge in [-0.05, 0) is 0 Å². The molecule has 17 heavy (non-hydrogen) atoms. The lowest BCUT2D eigenvalue weighted by atomic mass is 10.2. The van der Waals surface area contributed by atoms with E-state index in [9.17, 15) is 4.79 Å². The van der Waals surface area contributed by atoms with E-state index < -0.39 is 0 Å². The Bertz CT molecular complexity index is 285. The van der Waals surface area contributed by atoms with Gasteiger partial charge in [0.05, 0.1) is 6.61 Å². The molecule has 0 spiro atoms. The molecule has 0 unspecified atom stereocenters. The van der Waals surface area contributed by atoms with E-state index in [1.54, 1.807) is 7.11 Å². The van der Waals surface area contributed by atoms with E-state index in [1.165, 1.54) is 0 Å². The quantitative estimate of drug-likeness (QED) is 0.659. The van der Waals surface area contributed by atoms with E-state index in [1.807, 2.05) is 17.1 Å². The predicted octanol–water partition coefficient (Wildman–Crippen LogP) is -0.695. The van der Waals surface area contributed by atoms with Crippen LogP contribution in [-0.2, 0) is 9.53 Å². The fourth-order valence-corrected chi connectivity index (χ4v) is 2.25. The van der Waals surface area contributed by atoms with Crippen molar-refractivity contribution in [2.24, 2.45) is 0 Å². The number of nitrogens with one attached hydrogen (secondary N) is 1. The van der Waals surface area contributed by atoms with Crippen molar-refractivity contribution in [2.75, 3.05) is 53.0 Å². The van der Waals surface area contributed by atoms with Crippen molar-refractivity contribution in [2.45, 2.75) is 6.04 Å². The van der Waals surface area contributed by atoms with Crippen LogP contribution in [0, 0.1) is 0 Å². The van der Waals surface area contributed by atoms with Crippen LogP contribution in [0.2, 0.25) is 0 Å². The molecule has 0 aromatic heterocycles. The first-order chi connectivity index (χ1) is 8.31. The van der Waals surface area contributed by atoms with Gasteiger partial charge in [0.25, 0.3) is 0 Å². The summed E-state index contributed by atoms with van der Waals surface area (Å²) in [6.07, 6.45) is 3.97. The van der Waals surface area contributed by atoms with Gasteiger partial charge < -0.3 is 9.64 Å². The summed E-state index contributed by atoms with van der Waals surface area (Å²) < 4.78 is 5.06. The van der Waals surface area contributed by atoms with E-state index in [2.05, 4.69) is 10.2 Å². The first-order valence-electron chi connectivity index (χ1n) is 6.21. The molecule has 1 saturated heterocycles. The molecule has 5 heteroatoms. The Labute approximate surface area is 102 Å². The van der Waals surface area contributed by atoms with Crippen LogP contribution in [0.3, 0.4) is 0 Å². The van der Waals surface area contributed by atoms with Gasteiger partial charge in [0.2, 0.25) is 5.91 Å². The second-order valence-electron chi connectivity index (χ2n) is 4.47. The molecule has 0 aromatic carbocycles. The zero-order valence-corrected chi connectivity index (χ0v) is 10.4. The first kappa shape index (κ1) is 12.5. The van der Waals surface area contributed by atoms with Crippen molar-refractivity contribution < 1.29 is 9.53 Å². The molecule has 2 heterocycles. The Kier molecular flexibility index (Phi) is 4.53. The predicted molar refractivity (Wildman–Crippen MR) is 65.8 cm³/mol. The molecule has 96 valence electrons. The van der Waals surface area contributed by atoms with Crippen LogP contribution < -0.4 is 5.32 Å². The van der Waals surface area contributed by atoms with Gasteiger partial charge in [0.1, 0.15) is 6.04 Å². The van der Waals surface area contributed by atoms with Crippen LogP contribution in [0.5, 0.6) is 0 Å². The number of piperazine rings is 1. The Morgan fingerprint density at radius 1 is 1.41 bits per heavy atom. The van der Waals surface area contributed by atoms with E-state index in [0.29, 0.717) is 0 Å². The van der Waals surface area contributed by atoms with Crippen LogP contribution in [-0.4, -0.2) is 74.7 Å². The van der Waals surface area contributed by atoms with Crippen molar-refractivity contribution >= 4 is 5.91 Å². The zero-order chi connectivity index (χ0) is 12.1. The maximum absolute atomic E-state index is 12.1. The summed E-state index contributed by atoms with van der Waals surface area (Å²) in [6.45, 7) is 6.09. The highest BCUT2D eigenvalue weighted by Crippen LogP contribution is 2.06. The van der Waals surface area contributed by atoms with Gasteiger partial charge in [-0.3, -0.25) is 15.0 Å². The molecule has 2 rings (SSSR count). The van der Waals surface area contributed by atoms with Gasteiger partial charge in [-0.25, -0.2) is 0 Å². The van der Waals surface area contributed by atoms with E-state index >= 15 is 0 Å². The van der Waals surface area contributed by atoms with Crippen molar-refractivity contribution in [1.82, 2.24) is 15.1 Å². The monoisotopic (exact) mass is 239 g/mol. The molecule has 2 aliphatic heterocycles. The SMILES string of the molecule is COCCN1CCN(C(=O)[C@H]2C=CCN2)CC1. The average molecular weight is 239 g/mol. The number of methoxy groups -OCH3 is 1. The molecular formula is C12H21N3O2. The molecule has 5 nitrogen and oxygen atoms in total. The maximum atomic E-state index is 12.1. The lowest BCUT2D eigenvalue weighted by Crippen LogP contribution is -2.53. The fourth-order valence-electron chi connectivity index (χ4n) is 2.25. The maximum Gasteiger partial charge on any atom is 0.243 e. The summed E-state index contributed by atoms with van der Waals surface area (Å²) in [7, 11) is 1.72. The topological polar surface area (TPSA) is 44.8 Å². The van der Waals surface area contributed by atoms with Gasteiger partial charge in [-0.15, -0.1) is 0 Å². The van der Waals surface area contributed by atoms with Crippen LogP contribution in [0.25, 0.3) is 0 Å². The van der Waals surface area contributed by atoms with Crippen molar-refractivity contribution in [3.63, 3.8) is 0 Å². The minimum Gasteiger partial charge on any atom is -0.383 e. The van der Waals surface area contributed by atoms with Crippen molar-refractivity contribution in [1.29, 1.82) is 0 Å². The van der Waals surface area contributed by atoms with Crippen molar-refractivity contribution in [3.05, 3.63) is 12.2 Å². The molecule has 0 radical (unpaired) electrons. The molecule has 0 aliphatic carbocycles. The second-order valence-corrected chi connectivity index (χ2v) is 4.47. The lowest BCUT2D eigenvalue weighted by molar-refractivity contribution is -0.133. The third kappa shape index (κ3) is 3.28. The number of ether oxygens (including phenoxy) is 1. The number of carbonyl (C=O) groups excluding carboxylic acids is 1. The van der Waals surface area contributed by atoms with Crippen LogP contribution in [0.4, 0.5) is 0 Å². The minimum atomic E-state index is -0.0967. The van der Waals surface area contributed by atoms with Crippen molar-refractivity contribution in [3.8, 4) is 0 Å². The number of rotatable bonds is 4. The molecular weight excluding hydrogens is 218 g/mol. The number of hydrogen-bond acceptors (Lipinski definition) is 4. The van der Waals surface area contributed by atoms with Gasteiger partial charge in [-0.1, -0.05) is 12.2 Å². The summed E-state index contributed by atoms with van der Waals surface area (Å²) in [5.41, 5.74) is 0. The summed E-state index contributed by atoms with van der Waals surface area (Å²) in [5, 5.41) is 3.16. The van der Waals surface area contributed by atoms with Gasteiger partial charge in [-0.2, -0.15) is 0 Å². The first-order valence-corrected chi connectivity index (χ1v) is 6.21. The van der Waals surface area contributed by atoms with E-state index in [0.717, 1.165) is 45.9 Å². The standard InChI is InChI=1S/C12H21N3O2/c1-17-10-9-14-5-7-15(8-6-14)12(16)11-3-2-4-13-11/h2-3,11,13H,4-10H2,1H3/t11-/m1/s1. The van der Waals surface area contributed by atoms with E-state index in [4.69, 9.17) is 4.74 Å². The molecule has 1 atom stereocenters. The molecule has 1 fully saturated rings. The summed E-state index contributed by atoms with van der Waals surface area (Å²) in [4.78, 5) is 16.4. The molecule has 0 saturated carbocycles. The molecule has 0 bridgehead atoms. The third-order valence-corrected chi connectivity index (χ3v) is 3.35. The Morgan fingerprint density at radius 3 is 2.76 bits per heavy atom. The average Bonchev–Trinajstić information content (AvgIpc) is 2.90. The number of amides is 1. The van der Waals surface area contributed by atoms with E-state index in [-0.39, 0.29) is 11.9 Å². The highest BCUT2D eigenvalue weighted by molar-refractivity contribution is 5.84. The molecule has 1 N–H and O–H groups in total. The molecule has 2 aliphatic rings. The van der Waals surface area contributed by atoms with Crippen LogP contribution in [0.1, 0.15) is 0 Å². The molecule has 1 amide bonds. The third-order valence-electron chi connectivity index (χ3n) is 3.35. The zero-order valence-electron chi connectivity index (χ0n) is 10.4. The normalized spacial score (nSPS) is 25.5. The number of hydrogen-bond donors (Lipinski definition) is 1. The largest absolute Gasteiger partial charge is 0.383 e.